The fraction of sp³-hybridized carbons (Fsp3) is 0. The number of hydrogen-bond acceptors (Lipinski definition) is 4. The van der Waals surface area contributed by atoms with Crippen molar-refractivity contribution in [2.45, 2.75) is 0 Å². The molecule has 6 aromatic carbocycles. The second kappa shape index (κ2) is 8.71. The quantitative estimate of drug-likeness (QED) is 0.203. The second-order valence-corrected chi connectivity index (χ2v) is 13.1. The molecule has 43 heavy (non-hydrogen) atoms. The van der Waals surface area contributed by atoms with E-state index in [0.29, 0.717) is 5.95 Å². The van der Waals surface area contributed by atoms with E-state index in [1.165, 1.54) is 51.8 Å². The molecule has 0 bridgehead atoms. The topological polar surface area (TPSA) is 30.7 Å². The molecule has 0 N–H and O–H groups in total. The number of fused-ring (bicyclic) bond motifs is 10. The van der Waals surface area contributed by atoms with Crippen LogP contribution in [0, 0.1) is 0 Å². The van der Waals surface area contributed by atoms with Crippen molar-refractivity contribution < 1.29 is 0 Å². The van der Waals surface area contributed by atoms with Gasteiger partial charge in [-0.1, -0.05) is 91.0 Å². The molecule has 0 aliphatic rings. The lowest BCUT2D eigenvalue weighted by molar-refractivity contribution is 1.02. The summed E-state index contributed by atoms with van der Waals surface area (Å²) in [5.41, 5.74) is 4.36. The van der Waals surface area contributed by atoms with Gasteiger partial charge >= 0.3 is 0 Å². The van der Waals surface area contributed by atoms with Crippen LogP contribution < -0.4 is 0 Å². The molecule has 0 spiro atoms. The van der Waals surface area contributed by atoms with Gasteiger partial charge in [-0.25, -0.2) is 9.97 Å². The molecule has 0 amide bonds. The van der Waals surface area contributed by atoms with Gasteiger partial charge in [-0.2, -0.15) is 0 Å². The smallest absolute Gasteiger partial charge is 0.236 e. The molecule has 3 nitrogen and oxygen atoms in total. The monoisotopic (exact) mass is 583 g/mol. The first-order chi connectivity index (χ1) is 21.3. The van der Waals surface area contributed by atoms with Gasteiger partial charge in [0.25, 0.3) is 0 Å². The summed E-state index contributed by atoms with van der Waals surface area (Å²) in [5, 5.41) is 9.71. The van der Waals surface area contributed by atoms with Gasteiger partial charge in [-0.15, -0.1) is 22.7 Å². The second-order valence-electron chi connectivity index (χ2n) is 11.0. The van der Waals surface area contributed by atoms with Crippen LogP contribution in [0.5, 0.6) is 0 Å². The Kier molecular flexibility index (Phi) is 4.75. The van der Waals surface area contributed by atoms with E-state index in [4.69, 9.17) is 9.97 Å². The van der Waals surface area contributed by atoms with E-state index < -0.39 is 0 Å². The Balaban J connectivity index is 1.39. The lowest BCUT2D eigenvalue weighted by Gasteiger charge is -2.11. The fourth-order valence-corrected chi connectivity index (χ4v) is 8.95. The van der Waals surface area contributed by atoms with E-state index in [9.17, 15) is 0 Å². The molecule has 0 unspecified atom stereocenters. The lowest BCUT2D eigenvalue weighted by atomic mass is 10.0. The summed E-state index contributed by atoms with van der Waals surface area (Å²) in [4.78, 5) is 11.8. The van der Waals surface area contributed by atoms with Crippen molar-refractivity contribution in [1.82, 2.24) is 14.5 Å². The lowest BCUT2D eigenvalue weighted by Crippen LogP contribution is -2.02. The van der Waals surface area contributed by atoms with Crippen LogP contribution in [0.15, 0.2) is 127 Å². The van der Waals surface area contributed by atoms with Gasteiger partial charge in [-0.3, -0.25) is 4.57 Å². The molecule has 0 aliphatic carbocycles. The third-order valence-electron chi connectivity index (χ3n) is 8.62. The minimum atomic E-state index is 0.701. The van der Waals surface area contributed by atoms with Crippen molar-refractivity contribution in [3.05, 3.63) is 127 Å². The zero-order valence-corrected chi connectivity index (χ0v) is 24.4. The Bertz CT molecular complexity index is 2750. The van der Waals surface area contributed by atoms with Crippen LogP contribution in [0.1, 0.15) is 0 Å². The Hall–Kier alpha value is -5.10. The minimum Gasteiger partial charge on any atom is -0.278 e. The fourth-order valence-electron chi connectivity index (χ4n) is 6.75. The van der Waals surface area contributed by atoms with Crippen LogP contribution >= 0.6 is 22.7 Å². The number of aromatic nitrogens is 3. The molecular weight excluding hydrogens is 563 g/mol. The highest BCUT2D eigenvalue weighted by molar-refractivity contribution is 7.26. The van der Waals surface area contributed by atoms with Crippen LogP contribution in [0.4, 0.5) is 0 Å². The first-order valence-corrected chi connectivity index (χ1v) is 16.0. The molecule has 5 heteroatoms. The zero-order valence-electron chi connectivity index (χ0n) is 22.8. The van der Waals surface area contributed by atoms with Gasteiger partial charge in [-0.05, 0) is 47.2 Å². The van der Waals surface area contributed by atoms with Crippen molar-refractivity contribution in [1.29, 1.82) is 0 Å². The average molecular weight is 584 g/mol. The molecule has 10 aromatic rings. The Morgan fingerprint density at radius 1 is 0.465 bits per heavy atom. The van der Waals surface area contributed by atoms with Gasteiger partial charge in [0.05, 0.1) is 16.7 Å². The molecule has 0 saturated heterocycles. The number of rotatable bonds is 2. The van der Waals surface area contributed by atoms with E-state index in [2.05, 4.69) is 132 Å². The maximum absolute atomic E-state index is 5.52. The molecule has 0 radical (unpaired) electrons. The third-order valence-corrected chi connectivity index (χ3v) is 10.8. The standard InChI is InChI=1S/C38H21N3S2/c1-2-11-23-21-30-28(20-22(23)10-1)24-12-3-6-16-29(24)41(30)38-39-36(35-26-14-5-8-18-32(26)43-37(35)40-38)27-15-9-19-33-34(27)25-13-4-7-17-31(25)42-33/h1-21H. The van der Waals surface area contributed by atoms with Crippen molar-refractivity contribution in [3.63, 3.8) is 0 Å². The van der Waals surface area contributed by atoms with Gasteiger partial charge in [0.1, 0.15) is 4.83 Å². The van der Waals surface area contributed by atoms with Crippen LogP contribution in [0.25, 0.3) is 90.3 Å². The highest BCUT2D eigenvalue weighted by Gasteiger charge is 2.22. The molecule has 0 saturated carbocycles. The summed E-state index contributed by atoms with van der Waals surface area (Å²) in [5.74, 6) is 0.701. The summed E-state index contributed by atoms with van der Waals surface area (Å²) in [6.45, 7) is 0. The Morgan fingerprint density at radius 2 is 1.12 bits per heavy atom. The normalized spacial score (nSPS) is 12.2. The maximum atomic E-state index is 5.52. The van der Waals surface area contributed by atoms with E-state index in [1.54, 1.807) is 11.3 Å². The van der Waals surface area contributed by atoms with Crippen LogP contribution in [-0.2, 0) is 0 Å². The molecule has 0 atom stereocenters. The first-order valence-electron chi connectivity index (χ1n) is 14.3. The SMILES string of the molecule is c1ccc2cc3c(cc2c1)c1ccccc1n3-c1nc(-c2cccc3sc4ccccc4c23)c2c(n1)sc1ccccc12. The number of thiophene rings is 2. The Morgan fingerprint density at radius 3 is 1.95 bits per heavy atom. The van der Waals surface area contributed by atoms with Crippen LogP contribution in [-0.4, -0.2) is 14.5 Å². The predicted molar refractivity (Wildman–Crippen MR) is 185 cm³/mol. The molecular formula is C38H21N3S2. The maximum Gasteiger partial charge on any atom is 0.236 e. The molecule has 4 aromatic heterocycles. The van der Waals surface area contributed by atoms with Crippen molar-refractivity contribution in [2.24, 2.45) is 0 Å². The molecule has 200 valence electrons. The summed E-state index contributed by atoms with van der Waals surface area (Å²) in [7, 11) is 0. The number of hydrogen-bond donors (Lipinski definition) is 0. The summed E-state index contributed by atoms with van der Waals surface area (Å²) >= 11 is 3.59. The van der Waals surface area contributed by atoms with E-state index in [1.807, 2.05) is 11.3 Å². The zero-order chi connectivity index (χ0) is 28.1. The summed E-state index contributed by atoms with van der Waals surface area (Å²) in [6.07, 6.45) is 0. The highest BCUT2D eigenvalue weighted by Crippen LogP contribution is 2.45. The van der Waals surface area contributed by atoms with E-state index in [-0.39, 0.29) is 0 Å². The summed E-state index contributed by atoms with van der Waals surface area (Å²) in [6, 6.07) is 45.7. The molecule has 0 aliphatic heterocycles. The summed E-state index contributed by atoms with van der Waals surface area (Å²) < 4.78 is 6.05. The first kappa shape index (κ1) is 23.5. The Labute approximate surface area is 253 Å². The van der Waals surface area contributed by atoms with Gasteiger partial charge < -0.3 is 0 Å². The molecule has 0 fully saturated rings. The van der Waals surface area contributed by atoms with Crippen molar-refractivity contribution in [3.8, 4) is 17.2 Å². The molecule has 10 rings (SSSR count). The minimum absolute atomic E-state index is 0.701. The van der Waals surface area contributed by atoms with Crippen molar-refractivity contribution >= 4 is 95.7 Å². The highest BCUT2D eigenvalue weighted by atomic mass is 32.1. The van der Waals surface area contributed by atoms with E-state index in [0.717, 1.165) is 32.5 Å². The van der Waals surface area contributed by atoms with Gasteiger partial charge in [0, 0.05) is 52.0 Å². The number of benzene rings is 6. The predicted octanol–water partition coefficient (Wildman–Crippen LogP) is 11.1. The van der Waals surface area contributed by atoms with Crippen LogP contribution in [0.2, 0.25) is 0 Å². The van der Waals surface area contributed by atoms with Crippen LogP contribution in [0.3, 0.4) is 0 Å². The average Bonchev–Trinajstić information content (AvgIpc) is 3.72. The number of para-hydroxylation sites is 1. The third kappa shape index (κ3) is 3.29. The van der Waals surface area contributed by atoms with Gasteiger partial charge in [0.2, 0.25) is 5.95 Å². The van der Waals surface area contributed by atoms with Crippen molar-refractivity contribution in [2.75, 3.05) is 0 Å². The largest absolute Gasteiger partial charge is 0.278 e. The number of nitrogens with zero attached hydrogens (tertiary/aromatic N) is 3. The van der Waals surface area contributed by atoms with Gasteiger partial charge in [0.15, 0.2) is 0 Å². The van der Waals surface area contributed by atoms with E-state index >= 15 is 0 Å². The molecule has 4 heterocycles.